The molecule has 0 radical (unpaired) electrons. The minimum absolute atomic E-state index is 0.0963. The smallest absolute Gasteiger partial charge is 0.260 e. The highest BCUT2D eigenvalue weighted by molar-refractivity contribution is 5.78. The van der Waals surface area contributed by atoms with Crippen molar-refractivity contribution in [2.45, 2.75) is 77.3 Å². The molecule has 0 saturated carbocycles. The molecule has 2 aliphatic heterocycles. The number of fused-ring (bicyclic) bond motifs is 1. The van der Waals surface area contributed by atoms with Crippen LogP contribution in [0.3, 0.4) is 0 Å². The second-order valence-corrected chi connectivity index (χ2v) is 10.4. The van der Waals surface area contributed by atoms with Gasteiger partial charge in [-0.05, 0) is 37.7 Å². The van der Waals surface area contributed by atoms with Crippen molar-refractivity contribution < 1.29 is 13.6 Å². The van der Waals surface area contributed by atoms with Crippen molar-refractivity contribution in [1.29, 1.82) is 0 Å². The maximum Gasteiger partial charge on any atom is 0.260 e. The van der Waals surface area contributed by atoms with E-state index in [4.69, 9.17) is 0 Å². The third-order valence-corrected chi connectivity index (χ3v) is 6.79. The maximum atomic E-state index is 14.0. The number of halogens is 2. The van der Waals surface area contributed by atoms with Crippen LogP contribution >= 0.6 is 0 Å². The first-order valence-electron chi connectivity index (χ1n) is 11.6. The van der Waals surface area contributed by atoms with E-state index >= 15 is 0 Å². The minimum atomic E-state index is -2.48. The Morgan fingerprint density at radius 3 is 2.62 bits per heavy atom. The van der Waals surface area contributed by atoms with Crippen LogP contribution in [0.2, 0.25) is 0 Å². The number of anilines is 1. The van der Waals surface area contributed by atoms with Crippen LogP contribution in [0.5, 0.6) is 0 Å². The van der Waals surface area contributed by atoms with Gasteiger partial charge < -0.3 is 10.2 Å². The molecule has 0 spiro atoms. The Kier molecular flexibility index (Phi) is 6.28. The molecule has 5 nitrogen and oxygen atoms in total. The molecule has 2 aromatic rings. The molecule has 3 heterocycles. The minimum Gasteiger partial charge on any atom is -0.367 e. The van der Waals surface area contributed by atoms with Gasteiger partial charge in [0.2, 0.25) is 5.91 Å². The molecule has 1 N–H and O–H groups in total. The molecular weight excluding hydrogens is 410 g/mol. The number of hydrogen-bond donors (Lipinski definition) is 1. The summed E-state index contributed by atoms with van der Waals surface area (Å²) >= 11 is 0. The van der Waals surface area contributed by atoms with Gasteiger partial charge in [-0.25, -0.2) is 13.5 Å². The number of carbonyl (C=O) groups is 1. The average Bonchev–Trinajstić information content (AvgIpc) is 3.19. The molecule has 3 atom stereocenters. The lowest BCUT2D eigenvalue weighted by molar-refractivity contribution is -0.132. The summed E-state index contributed by atoms with van der Waals surface area (Å²) in [6, 6.07) is 8.91. The summed E-state index contributed by atoms with van der Waals surface area (Å²) in [7, 11) is 0. The van der Waals surface area contributed by atoms with Crippen molar-refractivity contribution in [2.24, 2.45) is 5.92 Å². The number of hydrogen-bond acceptors (Lipinski definition) is 3. The summed E-state index contributed by atoms with van der Waals surface area (Å²) in [5, 5.41) is 8.00. The number of piperidine rings is 1. The van der Waals surface area contributed by atoms with Crippen LogP contribution < -0.4 is 5.32 Å². The number of amides is 1. The molecular formula is C25H34F2N4O. The maximum absolute atomic E-state index is 14.0. The highest BCUT2D eigenvalue weighted by atomic mass is 19.3. The SMILES string of the molecule is Cc1ccc(CC(=O)N2CCC[C@H]([C@@H]3C[C@H](C(F)F)n4nc(C(C)(C)C)cc4N3)C2)cc1. The number of carbonyl (C=O) groups excluding carboxylic acids is 1. The standard InChI is InChI=1S/C25H34F2N4O/c1-16-7-9-17(10-8-16)12-23(32)30-11-5-6-18(15-30)19-13-20(24(26)27)31-22(28-19)14-21(29-31)25(2,3)4/h7-10,14,18-20,24,28H,5-6,11-13,15H2,1-4H3/t18-,19-,20+/m0/s1. The van der Waals surface area contributed by atoms with Crippen LogP contribution in [-0.4, -0.2) is 46.1 Å². The third-order valence-electron chi connectivity index (χ3n) is 6.79. The number of aromatic nitrogens is 2. The van der Waals surface area contributed by atoms with Gasteiger partial charge in [-0.3, -0.25) is 4.79 Å². The summed E-state index contributed by atoms with van der Waals surface area (Å²) in [6.07, 6.45) is 0.0535. The third kappa shape index (κ3) is 4.81. The first-order chi connectivity index (χ1) is 15.1. The van der Waals surface area contributed by atoms with Gasteiger partial charge in [0.25, 0.3) is 6.43 Å². The molecule has 2 aliphatic rings. The molecule has 174 valence electrons. The lowest BCUT2D eigenvalue weighted by atomic mass is 9.85. The first-order valence-corrected chi connectivity index (χ1v) is 11.6. The summed E-state index contributed by atoms with van der Waals surface area (Å²) in [4.78, 5) is 14.9. The molecule has 4 rings (SSSR count). The number of alkyl halides is 2. The van der Waals surface area contributed by atoms with E-state index in [1.54, 1.807) is 0 Å². The molecule has 0 bridgehead atoms. The monoisotopic (exact) mass is 444 g/mol. The van der Waals surface area contributed by atoms with Crippen LogP contribution in [-0.2, 0) is 16.6 Å². The summed E-state index contributed by atoms with van der Waals surface area (Å²) in [5.74, 6) is 0.924. The molecule has 0 aliphatic carbocycles. The quantitative estimate of drug-likeness (QED) is 0.725. The zero-order chi connectivity index (χ0) is 23.0. The second kappa shape index (κ2) is 8.83. The molecule has 1 aromatic carbocycles. The second-order valence-electron chi connectivity index (χ2n) is 10.4. The molecule has 1 saturated heterocycles. The fraction of sp³-hybridized carbons (Fsp3) is 0.600. The van der Waals surface area contributed by atoms with E-state index < -0.39 is 12.5 Å². The van der Waals surface area contributed by atoms with E-state index in [0.717, 1.165) is 30.6 Å². The number of benzene rings is 1. The molecule has 1 fully saturated rings. The van der Waals surface area contributed by atoms with Crippen LogP contribution in [0.1, 0.15) is 62.9 Å². The van der Waals surface area contributed by atoms with Gasteiger partial charge in [0.05, 0.1) is 12.1 Å². The Hall–Kier alpha value is -2.44. The van der Waals surface area contributed by atoms with Gasteiger partial charge in [0.15, 0.2) is 0 Å². The van der Waals surface area contributed by atoms with Crippen molar-refractivity contribution in [1.82, 2.24) is 14.7 Å². The summed E-state index contributed by atoms with van der Waals surface area (Å²) in [6.45, 7) is 9.48. The Morgan fingerprint density at radius 1 is 1.25 bits per heavy atom. The van der Waals surface area contributed by atoms with Gasteiger partial charge in [-0.2, -0.15) is 5.10 Å². The summed E-state index contributed by atoms with van der Waals surface area (Å²) in [5.41, 5.74) is 2.78. The topological polar surface area (TPSA) is 50.2 Å². The predicted molar refractivity (Wildman–Crippen MR) is 122 cm³/mol. The largest absolute Gasteiger partial charge is 0.367 e. The van der Waals surface area contributed by atoms with Gasteiger partial charge in [-0.15, -0.1) is 0 Å². The van der Waals surface area contributed by atoms with Crippen molar-refractivity contribution in [3.63, 3.8) is 0 Å². The van der Waals surface area contributed by atoms with E-state index in [1.807, 2.05) is 62.9 Å². The lowest BCUT2D eigenvalue weighted by Gasteiger charge is -2.41. The molecule has 7 heteroatoms. The van der Waals surface area contributed by atoms with Gasteiger partial charge in [0.1, 0.15) is 11.9 Å². The summed E-state index contributed by atoms with van der Waals surface area (Å²) < 4.78 is 29.4. The lowest BCUT2D eigenvalue weighted by Crippen LogP contribution is -2.48. The van der Waals surface area contributed by atoms with Gasteiger partial charge >= 0.3 is 0 Å². The highest BCUT2D eigenvalue weighted by Crippen LogP contribution is 2.38. The molecule has 32 heavy (non-hydrogen) atoms. The van der Waals surface area contributed by atoms with Crippen molar-refractivity contribution in [3.05, 3.63) is 47.2 Å². The Labute approximate surface area is 189 Å². The van der Waals surface area contributed by atoms with E-state index in [2.05, 4.69) is 10.4 Å². The fourth-order valence-corrected chi connectivity index (χ4v) is 4.81. The highest BCUT2D eigenvalue weighted by Gasteiger charge is 2.39. The number of likely N-dealkylation sites (tertiary alicyclic amines) is 1. The molecule has 1 amide bonds. The van der Waals surface area contributed by atoms with E-state index in [-0.39, 0.29) is 23.3 Å². The predicted octanol–water partition coefficient (Wildman–Crippen LogP) is 4.96. The van der Waals surface area contributed by atoms with Crippen molar-refractivity contribution in [3.8, 4) is 0 Å². The molecule has 0 unspecified atom stereocenters. The number of rotatable bonds is 4. The fourth-order valence-electron chi connectivity index (χ4n) is 4.81. The zero-order valence-electron chi connectivity index (χ0n) is 19.4. The van der Waals surface area contributed by atoms with Crippen LogP contribution in [0.25, 0.3) is 0 Å². The zero-order valence-corrected chi connectivity index (χ0v) is 19.4. The van der Waals surface area contributed by atoms with Crippen molar-refractivity contribution >= 4 is 11.7 Å². The van der Waals surface area contributed by atoms with Crippen molar-refractivity contribution in [2.75, 3.05) is 18.4 Å². The Bertz CT molecular complexity index is 948. The number of aryl methyl sites for hydroxylation is 1. The van der Waals surface area contributed by atoms with E-state index in [9.17, 15) is 13.6 Å². The van der Waals surface area contributed by atoms with Gasteiger partial charge in [0, 0.05) is 30.6 Å². The molecule has 1 aromatic heterocycles. The Morgan fingerprint density at radius 2 is 1.97 bits per heavy atom. The van der Waals surface area contributed by atoms with E-state index in [1.165, 1.54) is 10.2 Å². The number of nitrogens with zero attached hydrogens (tertiary/aromatic N) is 3. The Balaban J connectivity index is 1.47. The first kappa shape index (κ1) is 22.7. The number of nitrogens with one attached hydrogen (secondary N) is 1. The van der Waals surface area contributed by atoms with Crippen LogP contribution in [0.4, 0.5) is 14.6 Å². The van der Waals surface area contributed by atoms with Gasteiger partial charge in [-0.1, -0.05) is 50.6 Å². The normalized spacial score (nSPS) is 23.7. The van der Waals surface area contributed by atoms with E-state index in [0.29, 0.717) is 25.2 Å². The van der Waals surface area contributed by atoms with Crippen LogP contribution in [0.15, 0.2) is 30.3 Å². The van der Waals surface area contributed by atoms with Crippen LogP contribution in [0, 0.1) is 12.8 Å². The average molecular weight is 445 g/mol.